The van der Waals surface area contributed by atoms with Crippen LogP contribution in [0.1, 0.15) is 46.0 Å². The number of rotatable bonds is 2. The molecule has 15 heavy (non-hydrogen) atoms. The first kappa shape index (κ1) is 11.4. The van der Waals surface area contributed by atoms with E-state index in [2.05, 4.69) is 31.1 Å². The summed E-state index contributed by atoms with van der Waals surface area (Å²) in [7, 11) is 2.10. The van der Waals surface area contributed by atoms with E-state index in [-0.39, 0.29) is 0 Å². The Morgan fingerprint density at radius 1 is 1.27 bits per heavy atom. The topological polar surface area (TPSA) is 15.3 Å². The standard InChI is InChI=1S/C13H26N2/c1-13(2)7-4-8-15(10-13)12-6-5-11(9-12)14-3/h11-12,14H,4-10H2,1-3H3. The van der Waals surface area contributed by atoms with Gasteiger partial charge in [-0.2, -0.15) is 0 Å². The molecule has 1 saturated carbocycles. The van der Waals surface area contributed by atoms with Gasteiger partial charge < -0.3 is 5.32 Å². The molecule has 1 heterocycles. The Bertz CT molecular complexity index is 213. The summed E-state index contributed by atoms with van der Waals surface area (Å²) in [5, 5.41) is 3.43. The predicted molar refractivity (Wildman–Crippen MR) is 65.1 cm³/mol. The summed E-state index contributed by atoms with van der Waals surface area (Å²) in [6.07, 6.45) is 6.95. The van der Waals surface area contributed by atoms with Crippen molar-refractivity contribution in [2.24, 2.45) is 5.41 Å². The van der Waals surface area contributed by atoms with E-state index in [1.165, 1.54) is 45.2 Å². The molecule has 0 spiro atoms. The van der Waals surface area contributed by atoms with E-state index >= 15 is 0 Å². The first-order valence-corrected chi connectivity index (χ1v) is 6.52. The zero-order valence-electron chi connectivity index (χ0n) is 10.6. The lowest BCUT2D eigenvalue weighted by Gasteiger charge is -2.41. The maximum absolute atomic E-state index is 3.43. The van der Waals surface area contributed by atoms with Gasteiger partial charge in [-0.05, 0) is 51.1 Å². The van der Waals surface area contributed by atoms with E-state index in [4.69, 9.17) is 0 Å². The van der Waals surface area contributed by atoms with Crippen LogP contribution in [0.4, 0.5) is 0 Å². The fourth-order valence-electron chi connectivity index (χ4n) is 3.33. The molecule has 1 N–H and O–H groups in total. The van der Waals surface area contributed by atoms with Crippen LogP contribution in [0.3, 0.4) is 0 Å². The Labute approximate surface area is 94.4 Å². The molecule has 2 unspecified atom stereocenters. The Morgan fingerprint density at radius 2 is 2.07 bits per heavy atom. The van der Waals surface area contributed by atoms with E-state index in [1.54, 1.807) is 0 Å². The first-order chi connectivity index (χ1) is 7.11. The Kier molecular flexibility index (Phi) is 3.36. The van der Waals surface area contributed by atoms with Crippen molar-refractivity contribution in [1.82, 2.24) is 10.2 Å². The minimum Gasteiger partial charge on any atom is -0.317 e. The zero-order chi connectivity index (χ0) is 10.9. The number of likely N-dealkylation sites (tertiary alicyclic amines) is 1. The molecule has 0 bridgehead atoms. The van der Waals surface area contributed by atoms with Gasteiger partial charge in [0.25, 0.3) is 0 Å². The smallest absolute Gasteiger partial charge is 0.0111 e. The van der Waals surface area contributed by atoms with Crippen LogP contribution in [-0.2, 0) is 0 Å². The molecule has 2 aliphatic rings. The maximum Gasteiger partial charge on any atom is 0.0111 e. The second kappa shape index (κ2) is 4.42. The van der Waals surface area contributed by atoms with Crippen LogP contribution in [-0.4, -0.2) is 37.1 Å². The molecule has 1 aliphatic heterocycles. The number of nitrogens with zero attached hydrogens (tertiary/aromatic N) is 1. The number of nitrogens with one attached hydrogen (secondary N) is 1. The zero-order valence-corrected chi connectivity index (χ0v) is 10.6. The van der Waals surface area contributed by atoms with E-state index in [1.807, 2.05) is 0 Å². The van der Waals surface area contributed by atoms with Gasteiger partial charge in [0, 0.05) is 18.6 Å². The van der Waals surface area contributed by atoms with Crippen LogP contribution >= 0.6 is 0 Å². The molecule has 88 valence electrons. The van der Waals surface area contributed by atoms with Gasteiger partial charge in [-0.15, -0.1) is 0 Å². The van der Waals surface area contributed by atoms with Crippen molar-refractivity contribution in [3.8, 4) is 0 Å². The number of piperidine rings is 1. The van der Waals surface area contributed by atoms with Crippen molar-refractivity contribution >= 4 is 0 Å². The van der Waals surface area contributed by atoms with Crippen molar-refractivity contribution < 1.29 is 0 Å². The SMILES string of the molecule is CNC1CCC(N2CCCC(C)(C)C2)C1. The third-order valence-electron chi connectivity index (χ3n) is 4.26. The van der Waals surface area contributed by atoms with Crippen LogP contribution in [0, 0.1) is 5.41 Å². The summed E-state index contributed by atoms with van der Waals surface area (Å²) < 4.78 is 0. The Morgan fingerprint density at radius 3 is 2.67 bits per heavy atom. The average Bonchev–Trinajstić information content (AvgIpc) is 2.64. The van der Waals surface area contributed by atoms with Crippen LogP contribution in [0.15, 0.2) is 0 Å². The quantitative estimate of drug-likeness (QED) is 0.752. The minimum atomic E-state index is 0.552. The molecule has 2 rings (SSSR count). The number of hydrogen-bond donors (Lipinski definition) is 1. The fraction of sp³-hybridized carbons (Fsp3) is 1.00. The summed E-state index contributed by atoms with van der Waals surface area (Å²) in [4.78, 5) is 2.75. The van der Waals surface area contributed by atoms with E-state index in [0.717, 1.165) is 12.1 Å². The highest BCUT2D eigenvalue weighted by Crippen LogP contribution is 2.33. The van der Waals surface area contributed by atoms with Gasteiger partial charge in [-0.3, -0.25) is 4.90 Å². The van der Waals surface area contributed by atoms with Crippen LogP contribution in [0.2, 0.25) is 0 Å². The van der Waals surface area contributed by atoms with Gasteiger partial charge in [0.05, 0.1) is 0 Å². The summed E-state index contributed by atoms with van der Waals surface area (Å²) >= 11 is 0. The van der Waals surface area contributed by atoms with E-state index < -0.39 is 0 Å². The highest BCUT2D eigenvalue weighted by atomic mass is 15.2. The summed E-state index contributed by atoms with van der Waals surface area (Å²) in [6.45, 7) is 7.49. The third-order valence-corrected chi connectivity index (χ3v) is 4.26. The van der Waals surface area contributed by atoms with Gasteiger partial charge in [0.2, 0.25) is 0 Å². The highest BCUT2D eigenvalue weighted by Gasteiger charge is 2.34. The summed E-state index contributed by atoms with van der Waals surface area (Å²) in [5.41, 5.74) is 0.552. The molecule has 0 aromatic rings. The normalized spacial score (nSPS) is 37.0. The maximum atomic E-state index is 3.43. The molecular weight excluding hydrogens is 184 g/mol. The van der Waals surface area contributed by atoms with Gasteiger partial charge in [-0.25, -0.2) is 0 Å². The van der Waals surface area contributed by atoms with Crippen molar-refractivity contribution in [2.45, 2.75) is 58.0 Å². The molecule has 1 saturated heterocycles. The Balaban J connectivity index is 1.88. The average molecular weight is 210 g/mol. The second-order valence-electron chi connectivity index (χ2n) is 6.19. The number of hydrogen-bond acceptors (Lipinski definition) is 2. The van der Waals surface area contributed by atoms with E-state index in [0.29, 0.717) is 5.41 Å². The molecule has 0 radical (unpaired) electrons. The van der Waals surface area contributed by atoms with Gasteiger partial charge in [0.1, 0.15) is 0 Å². The van der Waals surface area contributed by atoms with Crippen molar-refractivity contribution in [2.75, 3.05) is 20.1 Å². The Hall–Kier alpha value is -0.0800. The lowest BCUT2D eigenvalue weighted by Crippen LogP contribution is -2.45. The fourth-order valence-corrected chi connectivity index (χ4v) is 3.33. The largest absolute Gasteiger partial charge is 0.317 e. The molecule has 2 nitrogen and oxygen atoms in total. The predicted octanol–water partition coefficient (Wildman–Crippen LogP) is 2.25. The lowest BCUT2D eigenvalue weighted by molar-refractivity contribution is 0.0794. The summed E-state index contributed by atoms with van der Waals surface area (Å²) in [6, 6.07) is 1.64. The summed E-state index contributed by atoms with van der Waals surface area (Å²) in [5.74, 6) is 0. The third kappa shape index (κ3) is 2.73. The van der Waals surface area contributed by atoms with Crippen LogP contribution < -0.4 is 5.32 Å². The monoisotopic (exact) mass is 210 g/mol. The molecule has 1 aliphatic carbocycles. The van der Waals surface area contributed by atoms with Gasteiger partial charge >= 0.3 is 0 Å². The molecule has 0 aromatic heterocycles. The van der Waals surface area contributed by atoms with Gasteiger partial charge in [0.15, 0.2) is 0 Å². The molecule has 0 aromatic carbocycles. The minimum absolute atomic E-state index is 0.552. The molecule has 2 fully saturated rings. The van der Waals surface area contributed by atoms with Crippen LogP contribution in [0.5, 0.6) is 0 Å². The molecule has 2 heteroatoms. The highest BCUT2D eigenvalue weighted by molar-refractivity contribution is 4.90. The van der Waals surface area contributed by atoms with Gasteiger partial charge in [-0.1, -0.05) is 13.8 Å². The first-order valence-electron chi connectivity index (χ1n) is 6.52. The lowest BCUT2D eigenvalue weighted by atomic mass is 9.83. The van der Waals surface area contributed by atoms with Crippen molar-refractivity contribution in [1.29, 1.82) is 0 Å². The second-order valence-corrected chi connectivity index (χ2v) is 6.19. The molecule has 0 amide bonds. The van der Waals surface area contributed by atoms with Crippen LogP contribution in [0.25, 0.3) is 0 Å². The molecular formula is C13H26N2. The molecule has 2 atom stereocenters. The van der Waals surface area contributed by atoms with E-state index in [9.17, 15) is 0 Å². The van der Waals surface area contributed by atoms with Crippen molar-refractivity contribution in [3.05, 3.63) is 0 Å². The van der Waals surface area contributed by atoms with Crippen molar-refractivity contribution in [3.63, 3.8) is 0 Å².